The van der Waals surface area contributed by atoms with Crippen molar-refractivity contribution >= 4 is 11.6 Å². The van der Waals surface area contributed by atoms with Crippen LogP contribution < -0.4 is 15.8 Å². The number of carbonyl (C=O) groups is 1. The number of benzene rings is 2. The number of halogens is 1. The Balaban J connectivity index is 2.25. The summed E-state index contributed by atoms with van der Waals surface area (Å²) in [7, 11) is 1.59. The van der Waals surface area contributed by atoms with Crippen LogP contribution in [0.1, 0.15) is 0 Å². The van der Waals surface area contributed by atoms with Gasteiger partial charge < -0.3 is 15.8 Å². The average molecular weight is 274 g/mol. The molecule has 0 spiro atoms. The minimum absolute atomic E-state index is 0.123. The highest BCUT2D eigenvalue weighted by Crippen LogP contribution is 2.26. The summed E-state index contributed by atoms with van der Waals surface area (Å²) < 4.78 is 19.0. The van der Waals surface area contributed by atoms with Crippen molar-refractivity contribution in [2.45, 2.75) is 0 Å². The summed E-state index contributed by atoms with van der Waals surface area (Å²) >= 11 is 0. The van der Waals surface area contributed by atoms with E-state index in [1.165, 1.54) is 12.1 Å². The fourth-order valence-corrected chi connectivity index (χ4v) is 1.78. The molecule has 4 nitrogen and oxygen atoms in total. The van der Waals surface area contributed by atoms with Crippen molar-refractivity contribution in [2.75, 3.05) is 19.0 Å². The van der Waals surface area contributed by atoms with Gasteiger partial charge in [-0.1, -0.05) is 18.2 Å². The molecular formula is C15H15FN2O2. The van der Waals surface area contributed by atoms with Crippen molar-refractivity contribution in [2.24, 2.45) is 5.73 Å². The van der Waals surface area contributed by atoms with Crippen molar-refractivity contribution in [1.29, 1.82) is 0 Å². The molecule has 104 valence electrons. The molecule has 0 aliphatic heterocycles. The van der Waals surface area contributed by atoms with Gasteiger partial charge in [-0.15, -0.1) is 0 Å². The molecule has 0 heterocycles. The van der Waals surface area contributed by atoms with E-state index in [1.807, 2.05) is 12.1 Å². The van der Waals surface area contributed by atoms with Gasteiger partial charge in [0.25, 0.3) is 0 Å². The standard InChI is InChI=1S/C15H15FN2O2/c1-20-12-5-2-10(3-6-12)11-4-7-14(13(16)8-11)18-15(19)9-17/h2-8H,9,17H2,1H3,(H,18,19). The third-order valence-corrected chi connectivity index (χ3v) is 2.85. The summed E-state index contributed by atoms with van der Waals surface area (Å²) in [5.41, 5.74) is 6.88. The van der Waals surface area contributed by atoms with Crippen LogP contribution in [0.3, 0.4) is 0 Å². The molecular weight excluding hydrogens is 259 g/mol. The molecule has 0 atom stereocenters. The van der Waals surface area contributed by atoms with Gasteiger partial charge in [-0.05, 0) is 35.4 Å². The highest BCUT2D eigenvalue weighted by molar-refractivity contribution is 5.92. The summed E-state index contributed by atoms with van der Waals surface area (Å²) in [5.74, 6) is -0.192. The van der Waals surface area contributed by atoms with E-state index in [0.29, 0.717) is 0 Å². The Morgan fingerprint density at radius 3 is 2.40 bits per heavy atom. The lowest BCUT2D eigenvalue weighted by Crippen LogP contribution is -2.22. The first-order chi connectivity index (χ1) is 9.63. The van der Waals surface area contributed by atoms with Gasteiger partial charge in [-0.2, -0.15) is 0 Å². The van der Waals surface area contributed by atoms with E-state index in [4.69, 9.17) is 10.5 Å². The Morgan fingerprint density at radius 2 is 1.85 bits per heavy atom. The van der Waals surface area contributed by atoms with Crippen LogP contribution in [0.15, 0.2) is 42.5 Å². The fraction of sp³-hybridized carbons (Fsp3) is 0.133. The van der Waals surface area contributed by atoms with E-state index in [9.17, 15) is 9.18 Å². The van der Waals surface area contributed by atoms with Crippen LogP contribution in [0.25, 0.3) is 11.1 Å². The van der Waals surface area contributed by atoms with Crippen molar-refractivity contribution in [3.05, 3.63) is 48.3 Å². The van der Waals surface area contributed by atoms with E-state index in [1.54, 1.807) is 25.3 Å². The minimum Gasteiger partial charge on any atom is -0.497 e. The zero-order chi connectivity index (χ0) is 14.5. The van der Waals surface area contributed by atoms with E-state index < -0.39 is 11.7 Å². The molecule has 20 heavy (non-hydrogen) atoms. The maximum Gasteiger partial charge on any atom is 0.238 e. The average Bonchev–Trinajstić information content (AvgIpc) is 2.49. The Bertz CT molecular complexity index is 612. The SMILES string of the molecule is COc1ccc(-c2ccc(NC(=O)CN)c(F)c2)cc1. The van der Waals surface area contributed by atoms with Gasteiger partial charge >= 0.3 is 0 Å². The summed E-state index contributed by atoms with van der Waals surface area (Å²) in [5, 5.41) is 2.40. The lowest BCUT2D eigenvalue weighted by Gasteiger charge is -2.08. The van der Waals surface area contributed by atoms with Crippen LogP contribution in [0.5, 0.6) is 5.75 Å². The third kappa shape index (κ3) is 3.13. The Morgan fingerprint density at radius 1 is 1.20 bits per heavy atom. The molecule has 0 radical (unpaired) electrons. The first-order valence-electron chi connectivity index (χ1n) is 6.08. The number of rotatable bonds is 4. The molecule has 2 rings (SSSR count). The Labute approximate surface area is 116 Å². The van der Waals surface area contributed by atoms with Gasteiger partial charge in [0, 0.05) is 0 Å². The smallest absolute Gasteiger partial charge is 0.238 e. The van der Waals surface area contributed by atoms with E-state index in [-0.39, 0.29) is 12.2 Å². The van der Waals surface area contributed by atoms with Gasteiger partial charge in [0.05, 0.1) is 19.3 Å². The first-order valence-corrected chi connectivity index (χ1v) is 6.08. The Hall–Kier alpha value is -2.40. The number of amides is 1. The van der Waals surface area contributed by atoms with Crippen molar-refractivity contribution in [3.8, 4) is 16.9 Å². The summed E-state index contributed by atoms with van der Waals surface area (Å²) in [6.07, 6.45) is 0. The quantitative estimate of drug-likeness (QED) is 0.899. The number of hydrogen-bond donors (Lipinski definition) is 2. The lowest BCUT2D eigenvalue weighted by molar-refractivity contribution is -0.114. The number of carbonyl (C=O) groups excluding carboxylic acids is 1. The van der Waals surface area contributed by atoms with Gasteiger partial charge in [-0.25, -0.2) is 4.39 Å². The molecule has 2 aromatic carbocycles. The highest BCUT2D eigenvalue weighted by atomic mass is 19.1. The van der Waals surface area contributed by atoms with Crippen LogP contribution in [0, 0.1) is 5.82 Å². The maximum absolute atomic E-state index is 13.9. The summed E-state index contributed by atoms with van der Waals surface area (Å²) in [4.78, 5) is 11.1. The molecule has 0 aliphatic carbocycles. The minimum atomic E-state index is -0.500. The zero-order valence-corrected chi connectivity index (χ0v) is 11.0. The number of nitrogens with two attached hydrogens (primary N) is 1. The largest absolute Gasteiger partial charge is 0.497 e. The molecule has 0 unspecified atom stereocenters. The number of methoxy groups -OCH3 is 1. The molecule has 0 aromatic heterocycles. The van der Waals surface area contributed by atoms with Crippen LogP contribution >= 0.6 is 0 Å². The first kappa shape index (κ1) is 14.0. The molecule has 0 saturated carbocycles. The van der Waals surface area contributed by atoms with E-state index in [2.05, 4.69) is 5.32 Å². The molecule has 0 aliphatic rings. The third-order valence-electron chi connectivity index (χ3n) is 2.85. The number of anilines is 1. The molecule has 3 N–H and O–H groups in total. The normalized spacial score (nSPS) is 10.2. The summed E-state index contributed by atoms with van der Waals surface area (Å²) in [6, 6.07) is 11.9. The second-order valence-electron chi connectivity index (χ2n) is 4.18. The number of hydrogen-bond acceptors (Lipinski definition) is 3. The molecule has 1 amide bonds. The molecule has 5 heteroatoms. The second-order valence-corrected chi connectivity index (χ2v) is 4.18. The second kappa shape index (κ2) is 6.16. The zero-order valence-electron chi connectivity index (χ0n) is 11.0. The lowest BCUT2D eigenvalue weighted by atomic mass is 10.0. The van der Waals surface area contributed by atoms with Crippen molar-refractivity contribution in [1.82, 2.24) is 0 Å². The van der Waals surface area contributed by atoms with Crippen molar-refractivity contribution < 1.29 is 13.9 Å². The van der Waals surface area contributed by atoms with Gasteiger partial charge in [0.1, 0.15) is 11.6 Å². The highest BCUT2D eigenvalue weighted by Gasteiger charge is 2.07. The maximum atomic E-state index is 13.9. The van der Waals surface area contributed by atoms with Crippen LogP contribution in [0.2, 0.25) is 0 Å². The van der Waals surface area contributed by atoms with Gasteiger partial charge in [-0.3, -0.25) is 4.79 Å². The van der Waals surface area contributed by atoms with Crippen LogP contribution in [-0.2, 0) is 4.79 Å². The number of nitrogens with one attached hydrogen (secondary N) is 1. The van der Waals surface area contributed by atoms with Gasteiger partial charge in [0.2, 0.25) is 5.91 Å². The molecule has 0 fully saturated rings. The molecule has 0 bridgehead atoms. The van der Waals surface area contributed by atoms with Crippen LogP contribution in [-0.4, -0.2) is 19.6 Å². The van der Waals surface area contributed by atoms with Gasteiger partial charge in [0.15, 0.2) is 0 Å². The van der Waals surface area contributed by atoms with E-state index in [0.717, 1.165) is 16.9 Å². The molecule has 0 saturated heterocycles. The number of ether oxygens (including phenoxy) is 1. The Kier molecular flexibility index (Phi) is 4.32. The predicted molar refractivity (Wildman–Crippen MR) is 76.1 cm³/mol. The fourth-order valence-electron chi connectivity index (χ4n) is 1.78. The molecule has 2 aromatic rings. The topological polar surface area (TPSA) is 64.3 Å². The van der Waals surface area contributed by atoms with Crippen molar-refractivity contribution in [3.63, 3.8) is 0 Å². The summed E-state index contributed by atoms with van der Waals surface area (Å²) in [6.45, 7) is -0.181. The van der Waals surface area contributed by atoms with E-state index >= 15 is 0 Å². The monoisotopic (exact) mass is 274 g/mol. The predicted octanol–water partition coefficient (Wildman–Crippen LogP) is 2.40. The van der Waals surface area contributed by atoms with Crippen LogP contribution in [0.4, 0.5) is 10.1 Å².